The van der Waals surface area contributed by atoms with E-state index in [9.17, 15) is 9.59 Å². The lowest BCUT2D eigenvalue weighted by molar-refractivity contribution is -0.149. The third kappa shape index (κ3) is 8.63. The molecule has 230 valence electrons. The van der Waals surface area contributed by atoms with Crippen molar-refractivity contribution in [2.24, 2.45) is 5.92 Å². The van der Waals surface area contributed by atoms with E-state index in [2.05, 4.69) is 24.0 Å². The summed E-state index contributed by atoms with van der Waals surface area (Å²) in [5.41, 5.74) is 3.91. The van der Waals surface area contributed by atoms with Gasteiger partial charge in [-0.25, -0.2) is 9.97 Å². The normalized spacial score (nSPS) is 13.5. The molecule has 2 aromatic carbocycles. The standard InChI is InChI=1S/C33H42N4O5S/c1-6-27-21-30(36(3)17-14-23-10-13-28(40-4)29(20-23)41-5)35-33(34-27)43-22-24-8-11-25(12-9-24)31(38)37-18-15-26(16-19-37)32(39)42-7-2/h8-13,20-21,26H,6-7,14-19,22H2,1-5H3. The molecule has 1 amide bonds. The van der Waals surface area contributed by atoms with E-state index in [0.717, 1.165) is 58.7 Å². The highest BCUT2D eigenvalue weighted by atomic mass is 32.2. The van der Waals surface area contributed by atoms with Crippen LogP contribution in [-0.4, -0.2) is 74.3 Å². The smallest absolute Gasteiger partial charge is 0.309 e. The fourth-order valence-corrected chi connectivity index (χ4v) is 5.83. The number of rotatable bonds is 13. The van der Waals surface area contributed by atoms with Crippen LogP contribution in [0.25, 0.3) is 0 Å². The first kappa shape index (κ1) is 32.1. The maximum Gasteiger partial charge on any atom is 0.309 e. The number of benzene rings is 2. The van der Waals surface area contributed by atoms with Crippen molar-refractivity contribution in [3.8, 4) is 11.5 Å². The van der Waals surface area contributed by atoms with Crippen molar-refractivity contribution in [2.45, 2.75) is 50.4 Å². The number of hydrogen-bond donors (Lipinski definition) is 0. The first-order valence-electron chi connectivity index (χ1n) is 14.8. The summed E-state index contributed by atoms with van der Waals surface area (Å²) in [4.78, 5) is 38.6. The third-order valence-electron chi connectivity index (χ3n) is 7.65. The number of aryl methyl sites for hydroxylation is 1. The molecule has 1 fully saturated rings. The van der Waals surface area contributed by atoms with Crippen LogP contribution >= 0.6 is 11.8 Å². The number of likely N-dealkylation sites (tertiary alicyclic amines) is 1. The van der Waals surface area contributed by atoms with Crippen LogP contribution in [0.15, 0.2) is 53.7 Å². The number of hydrogen-bond acceptors (Lipinski definition) is 9. The van der Waals surface area contributed by atoms with Gasteiger partial charge in [0.2, 0.25) is 0 Å². The lowest BCUT2D eigenvalue weighted by Crippen LogP contribution is -2.40. The Morgan fingerprint density at radius 3 is 2.30 bits per heavy atom. The fourth-order valence-electron chi connectivity index (χ4n) is 5.00. The van der Waals surface area contributed by atoms with Gasteiger partial charge in [-0.3, -0.25) is 9.59 Å². The quantitative estimate of drug-likeness (QED) is 0.143. The second kappa shape index (κ2) is 15.6. The van der Waals surface area contributed by atoms with Crippen molar-refractivity contribution in [1.29, 1.82) is 0 Å². The summed E-state index contributed by atoms with van der Waals surface area (Å²) in [6, 6.07) is 15.8. The number of anilines is 1. The van der Waals surface area contributed by atoms with Gasteiger partial charge in [0.25, 0.3) is 5.91 Å². The third-order valence-corrected chi connectivity index (χ3v) is 8.57. The van der Waals surface area contributed by atoms with Gasteiger partial charge in [-0.15, -0.1) is 0 Å². The molecule has 1 aliphatic rings. The Morgan fingerprint density at radius 1 is 0.953 bits per heavy atom. The summed E-state index contributed by atoms with van der Waals surface area (Å²) in [5.74, 6) is 2.77. The molecule has 0 atom stereocenters. The molecule has 1 aliphatic heterocycles. The summed E-state index contributed by atoms with van der Waals surface area (Å²) in [6.45, 7) is 6.22. The maximum atomic E-state index is 13.0. The molecule has 4 rings (SSSR count). The second-order valence-corrected chi connectivity index (χ2v) is 11.5. The molecular weight excluding hydrogens is 564 g/mol. The van der Waals surface area contributed by atoms with E-state index in [4.69, 9.17) is 24.2 Å². The number of likely N-dealkylation sites (N-methyl/N-ethyl adjacent to an activating group) is 1. The van der Waals surface area contributed by atoms with Crippen LogP contribution in [-0.2, 0) is 28.1 Å². The average molecular weight is 607 g/mol. The van der Waals surface area contributed by atoms with Gasteiger partial charge in [-0.1, -0.05) is 36.9 Å². The Labute approximate surface area is 258 Å². The minimum atomic E-state index is -0.154. The molecule has 2 heterocycles. The van der Waals surface area contributed by atoms with Crippen molar-refractivity contribution in [3.05, 3.63) is 70.9 Å². The maximum absolute atomic E-state index is 13.0. The van der Waals surface area contributed by atoms with E-state index in [0.29, 0.717) is 43.9 Å². The highest BCUT2D eigenvalue weighted by Crippen LogP contribution is 2.28. The molecule has 0 aliphatic carbocycles. The molecular formula is C33H42N4O5S. The van der Waals surface area contributed by atoms with E-state index >= 15 is 0 Å². The van der Waals surface area contributed by atoms with E-state index < -0.39 is 0 Å². The predicted molar refractivity (Wildman–Crippen MR) is 169 cm³/mol. The van der Waals surface area contributed by atoms with Crippen LogP contribution in [0.1, 0.15) is 53.9 Å². The van der Waals surface area contributed by atoms with Crippen LogP contribution in [0.5, 0.6) is 11.5 Å². The fraction of sp³-hybridized carbons (Fsp3) is 0.455. The number of piperidine rings is 1. The molecule has 0 N–H and O–H groups in total. The lowest BCUT2D eigenvalue weighted by Gasteiger charge is -2.31. The summed E-state index contributed by atoms with van der Waals surface area (Å²) < 4.78 is 15.9. The van der Waals surface area contributed by atoms with Crippen molar-refractivity contribution < 1.29 is 23.8 Å². The molecule has 0 unspecified atom stereocenters. The van der Waals surface area contributed by atoms with Gasteiger partial charge in [0.15, 0.2) is 16.7 Å². The topological polar surface area (TPSA) is 94.1 Å². The molecule has 1 saturated heterocycles. The zero-order valence-corrected chi connectivity index (χ0v) is 26.6. The molecule has 0 saturated carbocycles. The van der Waals surface area contributed by atoms with Gasteiger partial charge < -0.3 is 24.0 Å². The van der Waals surface area contributed by atoms with Crippen LogP contribution in [0, 0.1) is 5.92 Å². The zero-order valence-electron chi connectivity index (χ0n) is 25.8. The minimum absolute atomic E-state index is 0.00116. The zero-order chi connectivity index (χ0) is 30.8. The van der Waals surface area contributed by atoms with Crippen LogP contribution < -0.4 is 14.4 Å². The molecule has 43 heavy (non-hydrogen) atoms. The summed E-state index contributed by atoms with van der Waals surface area (Å²) in [7, 11) is 5.33. The predicted octanol–water partition coefficient (Wildman–Crippen LogP) is 5.44. The van der Waals surface area contributed by atoms with E-state index in [1.165, 1.54) is 0 Å². The van der Waals surface area contributed by atoms with Gasteiger partial charge in [-0.2, -0.15) is 0 Å². The second-order valence-electron chi connectivity index (χ2n) is 10.5. The molecule has 10 heteroatoms. The molecule has 3 aromatic rings. The molecule has 9 nitrogen and oxygen atoms in total. The van der Waals surface area contributed by atoms with Crippen molar-refractivity contribution in [3.63, 3.8) is 0 Å². The van der Waals surface area contributed by atoms with Crippen molar-refractivity contribution >= 4 is 29.5 Å². The van der Waals surface area contributed by atoms with Gasteiger partial charge in [-0.05, 0) is 68.0 Å². The lowest BCUT2D eigenvalue weighted by atomic mass is 9.96. The van der Waals surface area contributed by atoms with E-state index in [1.54, 1.807) is 26.0 Å². The van der Waals surface area contributed by atoms with Crippen LogP contribution in [0.4, 0.5) is 5.82 Å². The van der Waals surface area contributed by atoms with E-state index in [1.807, 2.05) is 55.3 Å². The monoisotopic (exact) mass is 606 g/mol. The number of aromatic nitrogens is 2. The van der Waals surface area contributed by atoms with Gasteiger partial charge >= 0.3 is 5.97 Å². The Kier molecular flexibility index (Phi) is 11.7. The minimum Gasteiger partial charge on any atom is -0.493 e. The Balaban J connectivity index is 1.32. The van der Waals surface area contributed by atoms with Crippen molar-refractivity contribution in [1.82, 2.24) is 14.9 Å². The first-order chi connectivity index (χ1) is 20.8. The number of ether oxygens (including phenoxy) is 3. The van der Waals surface area contributed by atoms with Gasteiger partial charge in [0.05, 0.1) is 26.7 Å². The molecule has 0 bridgehead atoms. The average Bonchev–Trinajstić information content (AvgIpc) is 3.05. The van der Waals surface area contributed by atoms with Crippen LogP contribution in [0.3, 0.4) is 0 Å². The summed E-state index contributed by atoms with van der Waals surface area (Å²) in [6.07, 6.45) is 2.94. The summed E-state index contributed by atoms with van der Waals surface area (Å²) >= 11 is 1.59. The highest BCUT2D eigenvalue weighted by molar-refractivity contribution is 7.98. The molecule has 1 aromatic heterocycles. The number of esters is 1. The van der Waals surface area contributed by atoms with Gasteiger partial charge in [0.1, 0.15) is 5.82 Å². The van der Waals surface area contributed by atoms with Gasteiger partial charge in [0, 0.05) is 49.8 Å². The van der Waals surface area contributed by atoms with E-state index in [-0.39, 0.29) is 17.8 Å². The number of methoxy groups -OCH3 is 2. The number of nitrogens with zero attached hydrogens (tertiary/aromatic N) is 4. The van der Waals surface area contributed by atoms with Crippen molar-refractivity contribution in [2.75, 3.05) is 52.4 Å². The number of amides is 1. The highest BCUT2D eigenvalue weighted by Gasteiger charge is 2.28. The Bertz CT molecular complexity index is 1380. The SMILES string of the molecule is CCOC(=O)C1CCN(C(=O)c2ccc(CSc3nc(CC)cc(N(C)CCc4ccc(OC)c(OC)c4)n3)cc2)CC1. The summed E-state index contributed by atoms with van der Waals surface area (Å²) in [5, 5.41) is 0.733. The largest absolute Gasteiger partial charge is 0.493 e. The number of thioether (sulfide) groups is 1. The first-order valence-corrected chi connectivity index (χ1v) is 15.8. The number of carbonyl (C=O) groups is 2. The Hall–Kier alpha value is -3.79. The number of carbonyl (C=O) groups excluding carboxylic acids is 2. The van der Waals surface area contributed by atoms with Crippen LogP contribution in [0.2, 0.25) is 0 Å². The molecule has 0 spiro atoms. The molecule has 0 radical (unpaired) electrons. The Morgan fingerprint density at radius 2 is 1.65 bits per heavy atom.